The summed E-state index contributed by atoms with van der Waals surface area (Å²) < 4.78 is 0. The molecule has 2 heterocycles. The van der Waals surface area contributed by atoms with E-state index in [1.54, 1.807) is 22.1 Å². The van der Waals surface area contributed by atoms with Gasteiger partial charge in [0.15, 0.2) is 5.03 Å². The highest BCUT2D eigenvalue weighted by Gasteiger charge is 2.33. The van der Waals surface area contributed by atoms with Crippen LogP contribution in [0.1, 0.15) is 23.6 Å². The van der Waals surface area contributed by atoms with E-state index < -0.39 is 5.03 Å². The third-order valence-corrected chi connectivity index (χ3v) is 4.58. The SMILES string of the molecule is CCc1ccc(C(=N)N2CCN(Cc3ccc(Cl)nc3)/C2=N/[N+](=O)[O-])cc1. The Hall–Kier alpha value is -3.00. The molecule has 0 saturated carbocycles. The molecule has 0 amide bonds. The molecule has 0 bridgehead atoms. The minimum atomic E-state index is -0.728. The fraction of sp³-hybridized carbons (Fsp3) is 0.278. The lowest BCUT2D eigenvalue weighted by atomic mass is 10.1. The number of nitrogens with zero attached hydrogens (tertiary/aromatic N) is 5. The molecular weight excluding hydrogens is 368 g/mol. The van der Waals surface area contributed by atoms with Crippen molar-refractivity contribution in [1.82, 2.24) is 14.8 Å². The number of aryl methyl sites for hydroxylation is 1. The number of nitro groups is 1. The number of hydrogen-bond acceptors (Lipinski definition) is 4. The molecule has 0 spiro atoms. The Labute approximate surface area is 161 Å². The highest BCUT2D eigenvalue weighted by atomic mass is 35.5. The number of guanidine groups is 1. The fourth-order valence-corrected chi connectivity index (χ4v) is 3.03. The van der Waals surface area contributed by atoms with Gasteiger partial charge in [-0.25, -0.2) is 15.1 Å². The van der Waals surface area contributed by atoms with E-state index in [9.17, 15) is 10.1 Å². The second-order valence-electron chi connectivity index (χ2n) is 6.10. The summed E-state index contributed by atoms with van der Waals surface area (Å²) in [4.78, 5) is 18.4. The fourth-order valence-electron chi connectivity index (χ4n) is 2.92. The van der Waals surface area contributed by atoms with Gasteiger partial charge in [0.2, 0.25) is 0 Å². The molecule has 1 aromatic heterocycles. The highest BCUT2D eigenvalue weighted by Crippen LogP contribution is 2.18. The minimum Gasteiger partial charge on any atom is -0.331 e. The molecular formula is C18H19ClN6O2. The van der Waals surface area contributed by atoms with Crippen molar-refractivity contribution in [3.63, 3.8) is 0 Å². The third kappa shape index (κ3) is 4.40. The number of hydrogen-bond donors (Lipinski definition) is 1. The van der Waals surface area contributed by atoms with Crippen LogP contribution in [-0.2, 0) is 13.0 Å². The van der Waals surface area contributed by atoms with Gasteiger partial charge >= 0.3 is 0 Å². The molecule has 3 rings (SSSR count). The van der Waals surface area contributed by atoms with Crippen LogP contribution in [-0.4, -0.2) is 44.7 Å². The summed E-state index contributed by atoms with van der Waals surface area (Å²) in [5, 5.41) is 22.7. The molecule has 9 heteroatoms. The van der Waals surface area contributed by atoms with E-state index in [0.717, 1.165) is 12.0 Å². The predicted octanol–water partition coefficient (Wildman–Crippen LogP) is 2.99. The van der Waals surface area contributed by atoms with E-state index in [2.05, 4.69) is 17.0 Å². The summed E-state index contributed by atoms with van der Waals surface area (Å²) in [6, 6.07) is 11.1. The molecule has 1 N–H and O–H groups in total. The number of aromatic nitrogens is 1. The Bertz CT molecular complexity index is 866. The smallest absolute Gasteiger partial charge is 0.280 e. The number of halogens is 1. The van der Waals surface area contributed by atoms with Crippen LogP contribution in [0.4, 0.5) is 0 Å². The van der Waals surface area contributed by atoms with Crippen LogP contribution in [0.15, 0.2) is 47.7 Å². The van der Waals surface area contributed by atoms with Gasteiger partial charge in [-0.3, -0.25) is 10.3 Å². The molecule has 1 aliphatic heterocycles. The maximum Gasteiger partial charge on any atom is 0.280 e. The quantitative estimate of drug-likeness (QED) is 0.280. The van der Waals surface area contributed by atoms with Crippen LogP contribution >= 0.6 is 11.6 Å². The summed E-state index contributed by atoms with van der Waals surface area (Å²) in [6.45, 7) is 3.42. The van der Waals surface area contributed by atoms with Gasteiger partial charge in [0.25, 0.3) is 5.96 Å². The van der Waals surface area contributed by atoms with Crippen LogP contribution in [0, 0.1) is 15.5 Å². The van der Waals surface area contributed by atoms with Crippen LogP contribution < -0.4 is 0 Å². The zero-order valence-electron chi connectivity index (χ0n) is 14.8. The zero-order chi connectivity index (χ0) is 19.4. The van der Waals surface area contributed by atoms with E-state index in [4.69, 9.17) is 17.0 Å². The van der Waals surface area contributed by atoms with E-state index >= 15 is 0 Å². The lowest BCUT2D eigenvalue weighted by Gasteiger charge is -2.21. The van der Waals surface area contributed by atoms with Crippen molar-refractivity contribution >= 4 is 23.4 Å². The van der Waals surface area contributed by atoms with E-state index in [1.807, 2.05) is 30.3 Å². The summed E-state index contributed by atoms with van der Waals surface area (Å²) in [5.74, 6) is 0.342. The average Bonchev–Trinajstić information content (AvgIpc) is 3.04. The van der Waals surface area contributed by atoms with E-state index in [-0.39, 0.29) is 11.8 Å². The topological polar surface area (TPSA) is 98.7 Å². The standard InChI is InChI=1S/C18H19ClN6O2/c1-2-13-3-6-15(7-4-13)17(20)24-10-9-23(18(24)22-25(26)27)12-14-5-8-16(19)21-11-14/h3-8,11,20H,2,9-10,12H2,1H3/b20-17?,22-18-. The first-order chi connectivity index (χ1) is 13.0. The van der Waals surface area contributed by atoms with Gasteiger partial charge in [-0.1, -0.05) is 48.9 Å². The Balaban J connectivity index is 1.83. The van der Waals surface area contributed by atoms with Crippen molar-refractivity contribution in [2.24, 2.45) is 5.10 Å². The molecule has 0 radical (unpaired) electrons. The van der Waals surface area contributed by atoms with Gasteiger partial charge in [-0.15, -0.1) is 0 Å². The van der Waals surface area contributed by atoms with E-state index in [1.165, 1.54) is 5.56 Å². The molecule has 27 heavy (non-hydrogen) atoms. The first kappa shape index (κ1) is 18.8. The number of nitrogens with one attached hydrogen (secondary N) is 1. The summed E-state index contributed by atoms with van der Waals surface area (Å²) in [7, 11) is 0. The van der Waals surface area contributed by atoms with Crippen molar-refractivity contribution < 1.29 is 5.03 Å². The second-order valence-corrected chi connectivity index (χ2v) is 6.49. The van der Waals surface area contributed by atoms with Crippen molar-refractivity contribution in [3.8, 4) is 0 Å². The molecule has 0 unspecified atom stereocenters. The van der Waals surface area contributed by atoms with Crippen LogP contribution in [0.5, 0.6) is 0 Å². The predicted molar refractivity (Wildman–Crippen MR) is 103 cm³/mol. The van der Waals surface area contributed by atoms with Gasteiger partial charge in [0.1, 0.15) is 16.1 Å². The molecule has 1 fully saturated rings. The average molecular weight is 387 g/mol. The summed E-state index contributed by atoms with van der Waals surface area (Å²) in [5.41, 5.74) is 2.72. The molecule has 0 aliphatic carbocycles. The van der Waals surface area contributed by atoms with Crippen LogP contribution in [0.2, 0.25) is 5.15 Å². The number of hydrazone groups is 1. The van der Waals surface area contributed by atoms with Crippen molar-refractivity contribution in [3.05, 3.63) is 74.6 Å². The van der Waals surface area contributed by atoms with Crippen molar-refractivity contribution in [2.75, 3.05) is 13.1 Å². The third-order valence-electron chi connectivity index (χ3n) is 4.36. The first-order valence-electron chi connectivity index (χ1n) is 8.51. The molecule has 1 saturated heterocycles. The van der Waals surface area contributed by atoms with Gasteiger partial charge in [-0.2, -0.15) is 0 Å². The largest absolute Gasteiger partial charge is 0.331 e. The Morgan fingerprint density at radius 1 is 1.26 bits per heavy atom. The van der Waals surface area contributed by atoms with Gasteiger partial charge in [0.05, 0.1) is 0 Å². The number of rotatable bonds is 5. The number of benzene rings is 1. The van der Waals surface area contributed by atoms with E-state index in [0.29, 0.717) is 30.4 Å². The maximum atomic E-state index is 11.1. The lowest BCUT2D eigenvalue weighted by molar-refractivity contribution is -0.486. The Morgan fingerprint density at radius 3 is 2.56 bits per heavy atom. The van der Waals surface area contributed by atoms with Crippen LogP contribution in [0.3, 0.4) is 0 Å². The molecule has 8 nitrogen and oxygen atoms in total. The number of amidine groups is 1. The molecule has 2 aromatic rings. The van der Waals surface area contributed by atoms with Gasteiger partial charge in [0, 0.05) is 31.4 Å². The Morgan fingerprint density at radius 2 is 1.96 bits per heavy atom. The molecule has 1 aliphatic rings. The molecule has 0 atom stereocenters. The Kier molecular flexibility index (Phi) is 5.66. The summed E-state index contributed by atoms with van der Waals surface area (Å²) >= 11 is 5.81. The minimum absolute atomic E-state index is 0.152. The highest BCUT2D eigenvalue weighted by molar-refractivity contribution is 6.29. The second kappa shape index (κ2) is 8.13. The summed E-state index contributed by atoms with van der Waals surface area (Å²) in [6.07, 6.45) is 2.54. The van der Waals surface area contributed by atoms with Crippen molar-refractivity contribution in [1.29, 1.82) is 5.41 Å². The number of pyridine rings is 1. The van der Waals surface area contributed by atoms with Crippen LogP contribution in [0.25, 0.3) is 0 Å². The zero-order valence-corrected chi connectivity index (χ0v) is 15.6. The monoisotopic (exact) mass is 386 g/mol. The van der Waals surface area contributed by atoms with Gasteiger partial charge in [-0.05, 0) is 23.6 Å². The normalized spacial score (nSPS) is 15.4. The lowest BCUT2D eigenvalue weighted by Crippen LogP contribution is -2.38. The van der Waals surface area contributed by atoms with Crippen molar-refractivity contribution in [2.45, 2.75) is 19.9 Å². The first-order valence-corrected chi connectivity index (χ1v) is 8.89. The maximum absolute atomic E-state index is 11.1. The molecule has 1 aromatic carbocycles. The molecule has 140 valence electrons. The van der Waals surface area contributed by atoms with Gasteiger partial charge < -0.3 is 4.90 Å².